The minimum absolute atomic E-state index is 0.163. The molecule has 0 saturated carbocycles. The SMILES string of the molecule is CC(C)c1nc(C2CC3(CCN(S(C)(=O)=O)CC3)CN2C)no1. The number of nitrogens with zero attached hydrogens (tertiary/aromatic N) is 4. The van der Waals surface area contributed by atoms with Gasteiger partial charge >= 0.3 is 0 Å². The predicted molar refractivity (Wildman–Crippen MR) is 86.5 cm³/mol. The lowest BCUT2D eigenvalue weighted by atomic mass is 9.77. The van der Waals surface area contributed by atoms with Crippen LogP contribution in [-0.4, -0.2) is 60.7 Å². The number of rotatable bonds is 3. The third-order valence-corrected chi connectivity index (χ3v) is 6.55. The quantitative estimate of drug-likeness (QED) is 0.830. The molecule has 1 aromatic heterocycles. The standard InChI is InChI=1S/C15H26N4O3S/c1-11(2)14-16-13(17-22-14)12-9-15(10-18(12)3)5-7-19(8-6-15)23(4,20)21/h11-12H,5-10H2,1-4H3. The van der Waals surface area contributed by atoms with Crippen molar-refractivity contribution in [1.29, 1.82) is 0 Å². The third-order valence-electron chi connectivity index (χ3n) is 5.24. The topological polar surface area (TPSA) is 79.5 Å². The number of hydrogen-bond donors (Lipinski definition) is 0. The van der Waals surface area contributed by atoms with Crippen molar-refractivity contribution in [3.63, 3.8) is 0 Å². The van der Waals surface area contributed by atoms with Gasteiger partial charge in [0.15, 0.2) is 5.82 Å². The summed E-state index contributed by atoms with van der Waals surface area (Å²) in [5.74, 6) is 1.68. The lowest BCUT2D eigenvalue weighted by Crippen LogP contribution is -2.43. The molecule has 2 aliphatic heterocycles. The summed E-state index contributed by atoms with van der Waals surface area (Å²) in [5.41, 5.74) is 0.166. The normalized spacial score (nSPS) is 26.4. The van der Waals surface area contributed by atoms with Gasteiger partial charge in [0.05, 0.1) is 12.3 Å². The first-order chi connectivity index (χ1) is 10.7. The van der Waals surface area contributed by atoms with E-state index >= 15 is 0 Å². The highest BCUT2D eigenvalue weighted by Crippen LogP contribution is 2.47. The highest BCUT2D eigenvalue weighted by Gasteiger charge is 2.47. The van der Waals surface area contributed by atoms with Crippen LogP contribution < -0.4 is 0 Å². The molecule has 1 unspecified atom stereocenters. The Morgan fingerprint density at radius 1 is 1.30 bits per heavy atom. The van der Waals surface area contributed by atoms with Gasteiger partial charge in [0, 0.05) is 25.6 Å². The molecule has 23 heavy (non-hydrogen) atoms. The van der Waals surface area contributed by atoms with Crippen molar-refractivity contribution < 1.29 is 12.9 Å². The van der Waals surface area contributed by atoms with Gasteiger partial charge in [0.25, 0.3) is 0 Å². The Hall–Kier alpha value is -0.990. The molecule has 0 aliphatic carbocycles. The predicted octanol–water partition coefficient (Wildman–Crippen LogP) is 1.61. The van der Waals surface area contributed by atoms with Crippen molar-refractivity contribution in [3.8, 4) is 0 Å². The fraction of sp³-hybridized carbons (Fsp3) is 0.867. The summed E-state index contributed by atoms with van der Waals surface area (Å²) < 4.78 is 30.3. The smallest absolute Gasteiger partial charge is 0.229 e. The molecule has 3 rings (SSSR count). The van der Waals surface area contributed by atoms with Gasteiger partial charge in [-0.2, -0.15) is 4.98 Å². The zero-order valence-corrected chi connectivity index (χ0v) is 15.1. The summed E-state index contributed by atoms with van der Waals surface area (Å²) in [6.07, 6.45) is 4.06. The molecule has 8 heteroatoms. The summed E-state index contributed by atoms with van der Waals surface area (Å²) in [4.78, 5) is 6.83. The molecular weight excluding hydrogens is 316 g/mol. The first-order valence-corrected chi connectivity index (χ1v) is 10.0. The fourth-order valence-electron chi connectivity index (χ4n) is 3.83. The molecule has 0 N–H and O–H groups in total. The van der Waals surface area contributed by atoms with E-state index < -0.39 is 10.0 Å². The molecule has 0 amide bonds. The Bertz CT molecular complexity index is 662. The first-order valence-electron chi connectivity index (χ1n) is 8.19. The molecular formula is C15H26N4O3S. The summed E-state index contributed by atoms with van der Waals surface area (Å²) >= 11 is 0. The molecule has 2 fully saturated rings. The monoisotopic (exact) mass is 342 g/mol. The molecule has 1 aromatic rings. The Morgan fingerprint density at radius 3 is 2.48 bits per heavy atom. The van der Waals surface area contributed by atoms with Crippen molar-refractivity contribution in [2.45, 2.75) is 45.1 Å². The van der Waals surface area contributed by atoms with Crippen LogP contribution in [0.4, 0.5) is 0 Å². The van der Waals surface area contributed by atoms with Crippen molar-refractivity contribution in [2.75, 3.05) is 32.9 Å². The van der Waals surface area contributed by atoms with Gasteiger partial charge in [-0.15, -0.1) is 0 Å². The second-order valence-electron chi connectivity index (χ2n) is 7.44. The highest BCUT2D eigenvalue weighted by atomic mass is 32.2. The second kappa shape index (κ2) is 5.82. The molecule has 130 valence electrons. The van der Waals surface area contributed by atoms with Crippen LogP contribution in [0.3, 0.4) is 0 Å². The molecule has 1 atom stereocenters. The van der Waals surface area contributed by atoms with Gasteiger partial charge in [0.2, 0.25) is 15.9 Å². The third kappa shape index (κ3) is 3.29. The van der Waals surface area contributed by atoms with Crippen LogP contribution >= 0.6 is 0 Å². The van der Waals surface area contributed by atoms with Gasteiger partial charge in [-0.05, 0) is 31.7 Å². The van der Waals surface area contributed by atoms with Crippen LogP contribution in [0.25, 0.3) is 0 Å². The number of hydrogen-bond acceptors (Lipinski definition) is 6. The zero-order valence-electron chi connectivity index (χ0n) is 14.3. The van der Waals surface area contributed by atoms with E-state index in [2.05, 4.69) is 22.1 Å². The maximum Gasteiger partial charge on any atom is 0.229 e. The zero-order chi connectivity index (χ0) is 16.8. The van der Waals surface area contributed by atoms with Crippen LogP contribution in [0, 0.1) is 5.41 Å². The minimum Gasteiger partial charge on any atom is -0.339 e. The van der Waals surface area contributed by atoms with E-state index in [1.54, 1.807) is 4.31 Å². The Labute approximate surface area is 138 Å². The van der Waals surface area contributed by atoms with Crippen molar-refractivity contribution in [2.24, 2.45) is 5.41 Å². The summed E-state index contributed by atoms with van der Waals surface area (Å²) in [6.45, 7) is 6.27. The van der Waals surface area contributed by atoms with E-state index in [4.69, 9.17) is 4.52 Å². The summed E-state index contributed by atoms with van der Waals surface area (Å²) in [7, 11) is -0.986. The fourth-order valence-corrected chi connectivity index (χ4v) is 4.68. The number of sulfonamides is 1. The van der Waals surface area contributed by atoms with E-state index in [1.165, 1.54) is 6.26 Å². The van der Waals surface area contributed by atoms with Gasteiger partial charge < -0.3 is 4.52 Å². The van der Waals surface area contributed by atoms with E-state index in [1.807, 2.05) is 13.8 Å². The molecule has 0 aromatic carbocycles. The number of piperidine rings is 1. The number of likely N-dealkylation sites (tertiary alicyclic amines) is 1. The van der Waals surface area contributed by atoms with Crippen LogP contribution in [0.5, 0.6) is 0 Å². The van der Waals surface area contributed by atoms with Crippen LogP contribution in [-0.2, 0) is 10.0 Å². The molecule has 3 heterocycles. The van der Waals surface area contributed by atoms with Crippen molar-refractivity contribution in [3.05, 3.63) is 11.7 Å². The largest absolute Gasteiger partial charge is 0.339 e. The first kappa shape index (κ1) is 16.9. The maximum absolute atomic E-state index is 11.7. The van der Waals surface area contributed by atoms with Crippen LogP contribution in [0.2, 0.25) is 0 Å². The maximum atomic E-state index is 11.7. The molecule has 0 bridgehead atoms. The van der Waals surface area contributed by atoms with E-state index in [0.717, 1.165) is 31.6 Å². The Kier molecular flexibility index (Phi) is 4.27. The lowest BCUT2D eigenvalue weighted by Gasteiger charge is -2.38. The molecule has 0 radical (unpaired) electrons. The van der Waals surface area contributed by atoms with Gasteiger partial charge in [0.1, 0.15) is 0 Å². The highest BCUT2D eigenvalue weighted by molar-refractivity contribution is 7.88. The summed E-state index contributed by atoms with van der Waals surface area (Å²) in [6, 6.07) is 0.163. The lowest BCUT2D eigenvalue weighted by molar-refractivity contribution is 0.161. The molecule has 2 saturated heterocycles. The van der Waals surface area contributed by atoms with Gasteiger partial charge in [-0.25, -0.2) is 12.7 Å². The molecule has 2 aliphatic rings. The Balaban J connectivity index is 1.71. The van der Waals surface area contributed by atoms with E-state index in [0.29, 0.717) is 19.0 Å². The average molecular weight is 342 g/mol. The number of aromatic nitrogens is 2. The average Bonchev–Trinajstić information content (AvgIpc) is 3.04. The summed E-state index contributed by atoms with van der Waals surface area (Å²) in [5, 5.41) is 4.17. The van der Waals surface area contributed by atoms with Crippen LogP contribution in [0.1, 0.15) is 56.8 Å². The van der Waals surface area contributed by atoms with Gasteiger partial charge in [-0.1, -0.05) is 19.0 Å². The van der Waals surface area contributed by atoms with E-state index in [-0.39, 0.29) is 17.4 Å². The van der Waals surface area contributed by atoms with E-state index in [9.17, 15) is 8.42 Å². The minimum atomic E-state index is -3.08. The Morgan fingerprint density at radius 2 is 1.96 bits per heavy atom. The van der Waals surface area contributed by atoms with Gasteiger partial charge in [-0.3, -0.25) is 4.90 Å². The van der Waals surface area contributed by atoms with Crippen molar-refractivity contribution in [1.82, 2.24) is 19.3 Å². The molecule has 7 nitrogen and oxygen atoms in total. The molecule has 1 spiro atoms. The van der Waals surface area contributed by atoms with Crippen LogP contribution in [0.15, 0.2) is 4.52 Å². The van der Waals surface area contributed by atoms with Crippen molar-refractivity contribution >= 4 is 10.0 Å². The second-order valence-corrected chi connectivity index (χ2v) is 9.43.